The van der Waals surface area contributed by atoms with Gasteiger partial charge >= 0.3 is 0 Å². The van der Waals surface area contributed by atoms with Crippen LogP contribution in [0, 0.1) is 20.8 Å². The van der Waals surface area contributed by atoms with Crippen molar-refractivity contribution in [3.8, 4) is 0 Å². The number of carbonyl (C=O) groups excluding carboxylic acids is 1. The summed E-state index contributed by atoms with van der Waals surface area (Å²) in [7, 11) is 0. The van der Waals surface area contributed by atoms with Crippen LogP contribution < -0.4 is 0 Å². The van der Waals surface area contributed by atoms with E-state index in [1.807, 2.05) is 69.3 Å². The number of aromatic nitrogens is 1. The van der Waals surface area contributed by atoms with Crippen LogP contribution in [0.4, 0.5) is 0 Å². The second-order valence-electron chi connectivity index (χ2n) is 5.47. The molecule has 0 saturated carbocycles. The number of fused-ring (bicyclic) bond motifs is 1. The Balaban J connectivity index is 2.11. The Morgan fingerprint density at radius 1 is 0.857 bits per heavy atom. The number of aryl methyl sites for hydroxylation is 3. The van der Waals surface area contributed by atoms with Crippen LogP contribution in [0.15, 0.2) is 48.5 Å². The molecule has 0 aliphatic carbocycles. The van der Waals surface area contributed by atoms with Crippen LogP contribution in [0.1, 0.15) is 32.7 Å². The number of rotatable bonds is 2. The van der Waals surface area contributed by atoms with Crippen LogP contribution in [0.2, 0.25) is 0 Å². The van der Waals surface area contributed by atoms with Crippen molar-refractivity contribution in [1.29, 1.82) is 0 Å². The minimum Gasteiger partial charge on any atom is -0.287 e. The Morgan fingerprint density at radius 2 is 1.62 bits per heavy atom. The molecule has 0 unspecified atom stereocenters. The third kappa shape index (κ3) is 2.45. The first-order valence-corrected chi connectivity index (χ1v) is 7.04. The van der Waals surface area contributed by atoms with Crippen LogP contribution in [-0.2, 0) is 0 Å². The van der Waals surface area contributed by atoms with Gasteiger partial charge in [-0.1, -0.05) is 30.3 Å². The van der Waals surface area contributed by atoms with Gasteiger partial charge in [-0.05, 0) is 55.7 Å². The molecule has 0 aliphatic rings. The molecule has 2 nitrogen and oxygen atoms in total. The average molecular weight is 275 g/mol. The fourth-order valence-electron chi connectivity index (χ4n) is 2.50. The lowest BCUT2D eigenvalue weighted by atomic mass is 10.0. The van der Waals surface area contributed by atoms with Gasteiger partial charge in [0, 0.05) is 10.9 Å². The fourth-order valence-corrected chi connectivity index (χ4v) is 2.50. The first kappa shape index (κ1) is 13.5. The molecule has 0 amide bonds. The number of ketones is 1. The minimum atomic E-state index is -0.0213. The SMILES string of the molecule is Cc1ccc(C(=O)c2cc(C)c3ccccc3n2)cc1C. The normalized spacial score (nSPS) is 10.8. The molecule has 0 N–H and O–H groups in total. The Kier molecular flexibility index (Phi) is 3.30. The van der Waals surface area contributed by atoms with E-state index in [0.717, 1.165) is 22.0 Å². The summed E-state index contributed by atoms with van der Waals surface area (Å²) in [6.07, 6.45) is 0. The van der Waals surface area contributed by atoms with Crippen LogP contribution in [0.25, 0.3) is 10.9 Å². The maximum Gasteiger partial charge on any atom is 0.211 e. The third-order valence-electron chi connectivity index (χ3n) is 3.92. The lowest BCUT2D eigenvalue weighted by Crippen LogP contribution is -2.05. The number of nitrogens with zero attached hydrogens (tertiary/aromatic N) is 1. The van der Waals surface area contributed by atoms with Crippen molar-refractivity contribution in [3.63, 3.8) is 0 Å². The number of hydrogen-bond acceptors (Lipinski definition) is 2. The molecule has 3 rings (SSSR count). The van der Waals surface area contributed by atoms with E-state index in [4.69, 9.17) is 0 Å². The lowest BCUT2D eigenvalue weighted by Gasteiger charge is -2.07. The Hall–Kier alpha value is -2.48. The molecular formula is C19H17NO. The molecule has 0 spiro atoms. The summed E-state index contributed by atoms with van der Waals surface area (Å²) in [5, 5.41) is 1.09. The molecule has 0 bridgehead atoms. The molecule has 1 heterocycles. The first-order chi connectivity index (χ1) is 10.1. The third-order valence-corrected chi connectivity index (χ3v) is 3.92. The smallest absolute Gasteiger partial charge is 0.211 e. The molecule has 0 saturated heterocycles. The van der Waals surface area contributed by atoms with Crippen molar-refractivity contribution >= 4 is 16.7 Å². The predicted octanol–water partition coefficient (Wildman–Crippen LogP) is 4.39. The molecule has 3 aromatic rings. The van der Waals surface area contributed by atoms with Crippen molar-refractivity contribution in [3.05, 3.63) is 76.5 Å². The quantitative estimate of drug-likeness (QED) is 0.649. The van der Waals surface area contributed by atoms with Crippen LogP contribution in [0.3, 0.4) is 0 Å². The minimum absolute atomic E-state index is 0.0213. The molecule has 0 fully saturated rings. The van der Waals surface area contributed by atoms with E-state index in [2.05, 4.69) is 4.98 Å². The monoisotopic (exact) mass is 275 g/mol. The Labute approximate surface area is 124 Å². The highest BCUT2D eigenvalue weighted by molar-refractivity contribution is 6.09. The highest BCUT2D eigenvalue weighted by atomic mass is 16.1. The van der Waals surface area contributed by atoms with Gasteiger partial charge in [-0.25, -0.2) is 4.98 Å². The van der Waals surface area contributed by atoms with Crippen molar-refractivity contribution in [2.24, 2.45) is 0 Å². The summed E-state index contributed by atoms with van der Waals surface area (Å²) >= 11 is 0. The van der Waals surface area contributed by atoms with Crippen LogP contribution in [0.5, 0.6) is 0 Å². The average Bonchev–Trinajstić information content (AvgIpc) is 2.49. The molecule has 0 aliphatic heterocycles. The van der Waals surface area contributed by atoms with Crippen LogP contribution in [-0.4, -0.2) is 10.8 Å². The maximum atomic E-state index is 12.6. The topological polar surface area (TPSA) is 30.0 Å². The summed E-state index contributed by atoms with van der Waals surface area (Å²) in [6, 6.07) is 15.6. The maximum absolute atomic E-state index is 12.6. The van der Waals surface area contributed by atoms with E-state index < -0.39 is 0 Å². The zero-order chi connectivity index (χ0) is 15.0. The summed E-state index contributed by atoms with van der Waals surface area (Å²) < 4.78 is 0. The molecule has 21 heavy (non-hydrogen) atoms. The van der Waals surface area contributed by atoms with Crippen molar-refractivity contribution in [2.75, 3.05) is 0 Å². The van der Waals surface area contributed by atoms with E-state index in [-0.39, 0.29) is 5.78 Å². The van der Waals surface area contributed by atoms with Gasteiger partial charge in [-0.15, -0.1) is 0 Å². The summed E-state index contributed by atoms with van der Waals surface area (Å²) in [5.41, 5.74) is 5.46. The molecule has 104 valence electrons. The van der Waals surface area contributed by atoms with Gasteiger partial charge < -0.3 is 0 Å². The summed E-state index contributed by atoms with van der Waals surface area (Å²) in [4.78, 5) is 17.2. The van der Waals surface area contributed by atoms with Gasteiger partial charge in [0.1, 0.15) is 5.69 Å². The fraction of sp³-hybridized carbons (Fsp3) is 0.158. The molecule has 2 heteroatoms. The van der Waals surface area contributed by atoms with Crippen molar-refractivity contribution in [2.45, 2.75) is 20.8 Å². The summed E-state index contributed by atoms with van der Waals surface area (Å²) in [6.45, 7) is 6.08. The van der Waals surface area contributed by atoms with E-state index >= 15 is 0 Å². The lowest BCUT2D eigenvalue weighted by molar-refractivity contribution is 0.103. The van der Waals surface area contributed by atoms with Gasteiger partial charge in [0.2, 0.25) is 5.78 Å². The van der Waals surface area contributed by atoms with Crippen LogP contribution >= 0.6 is 0 Å². The van der Waals surface area contributed by atoms with E-state index in [1.165, 1.54) is 5.56 Å². The van der Waals surface area contributed by atoms with Gasteiger partial charge in [0.05, 0.1) is 5.52 Å². The van der Waals surface area contributed by atoms with Gasteiger partial charge in [0.25, 0.3) is 0 Å². The molecule has 1 aromatic heterocycles. The predicted molar refractivity (Wildman–Crippen MR) is 85.8 cm³/mol. The van der Waals surface area contributed by atoms with Crippen molar-refractivity contribution < 1.29 is 4.79 Å². The molecule has 2 aromatic carbocycles. The van der Waals surface area contributed by atoms with E-state index in [0.29, 0.717) is 11.3 Å². The Bertz CT molecular complexity index is 849. The number of pyridine rings is 1. The molecular weight excluding hydrogens is 258 g/mol. The summed E-state index contributed by atoms with van der Waals surface area (Å²) in [5.74, 6) is -0.0213. The number of para-hydroxylation sites is 1. The van der Waals surface area contributed by atoms with Gasteiger partial charge in [-0.3, -0.25) is 4.79 Å². The first-order valence-electron chi connectivity index (χ1n) is 7.04. The second-order valence-corrected chi connectivity index (χ2v) is 5.47. The zero-order valence-electron chi connectivity index (χ0n) is 12.5. The zero-order valence-corrected chi connectivity index (χ0v) is 12.5. The van der Waals surface area contributed by atoms with E-state index in [1.54, 1.807) is 0 Å². The van der Waals surface area contributed by atoms with Gasteiger partial charge in [0.15, 0.2) is 0 Å². The van der Waals surface area contributed by atoms with Gasteiger partial charge in [-0.2, -0.15) is 0 Å². The number of benzene rings is 2. The Morgan fingerprint density at radius 3 is 2.38 bits per heavy atom. The molecule has 0 atom stereocenters. The van der Waals surface area contributed by atoms with E-state index in [9.17, 15) is 4.79 Å². The molecule has 0 radical (unpaired) electrons. The highest BCUT2D eigenvalue weighted by Gasteiger charge is 2.13. The number of carbonyl (C=O) groups is 1. The van der Waals surface area contributed by atoms with Crippen molar-refractivity contribution in [1.82, 2.24) is 4.98 Å². The number of hydrogen-bond donors (Lipinski definition) is 0. The highest BCUT2D eigenvalue weighted by Crippen LogP contribution is 2.20. The second kappa shape index (κ2) is 5.13. The standard InChI is InChI=1S/C19H17NO/c1-12-8-9-15(10-13(12)2)19(21)18-11-14(3)16-6-4-5-7-17(16)20-18/h4-11H,1-3H3. The largest absolute Gasteiger partial charge is 0.287 e.